The van der Waals surface area contributed by atoms with Crippen LogP contribution in [-0.4, -0.2) is 24.4 Å². The first kappa shape index (κ1) is 14.0. The molecule has 0 radical (unpaired) electrons. The minimum absolute atomic E-state index is 0.0145. The molecule has 0 aliphatic heterocycles. The van der Waals surface area contributed by atoms with Crippen LogP contribution >= 0.6 is 0 Å². The number of nitrogens with two attached hydrogens (primary N) is 1. The molecular formula is C10H20N4O2S. The van der Waals surface area contributed by atoms with E-state index in [4.69, 9.17) is 5.73 Å². The Labute approximate surface area is 102 Å². The van der Waals surface area contributed by atoms with Gasteiger partial charge in [-0.25, -0.2) is 8.42 Å². The van der Waals surface area contributed by atoms with E-state index in [1.807, 2.05) is 20.8 Å². The van der Waals surface area contributed by atoms with Gasteiger partial charge in [-0.3, -0.25) is 9.82 Å². The SMILES string of the molecule is CC(C)(C)CCS(=O)(=O)Nc1[nH]ncc1CN. The third kappa shape index (κ3) is 4.74. The molecule has 0 spiro atoms. The maximum Gasteiger partial charge on any atom is 0.233 e. The summed E-state index contributed by atoms with van der Waals surface area (Å²) in [6.45, 7) is 6.26. The predicted octanol–water partition coefficient (Wildman–Crippen LogP) is 1.05. The van der Waals surface area contributed by atoms with Crippen LogP contribution in [0.5, 0.6) is 0 Å². The Bertz CT molecular complexity index is 459. The Morgan fingerprint density at radius 3 is 2.65 bits per heavy atom. The van der Waals surface area contributed by atoms with Crippen LogP contribution in [0.3, 0.4) is 0 Å². The maximum atomic E-state index is 11.8. The molecule has 4 N–H and O–H groups in total. The maximum absolute atomic E-state index is 11.8. The first-order valence-electron chi connectivity index (χ1n) is 5.46. The van der Waals surface area contributed by atoms with Crippen LogP contribution in [0.25, 0.3) is 0 Å². The van der Waals surface area contributed by atoms with Gasteiger partial charge in [0.1, 0.15) is 5.82 Å². The molecule has 1 aromatic rings. The molecule has 0 aromatic carbocycles. The largest absolute Gasteiger partial charge is 0.326 e. The van der Waals surface area contributed by atoms with Crippen molar-refractivity contribution in [1.82, 2.24) is 10.2 Å². The quantitative estimate of drug-likeness (QED) is 0.736. The molecule has 0 fully saturated rings. The van der Waals surface area contributed by atoms with Gasteiger partial charge in [0, 0.05) is 12.1 Å². The summed E-state index contributed by atoms with van der Waals surface area (Å²) >= 11 is 0. The zero-order valence-corrected chi connectivity index (χ0v) is 11.3. The minimum atomic E-state index is -3.35. The van der Waals surface area contributed by atoms with Crippen molar-refractivity contribution in [1.29, 1.82) is 0 Å². The van der Waals surface area contributed by atoms with E-state index in [9.17, 15) is 8.42 Å². The molecule has 1 rings (SSSR count). The summed E-state index contributed by atoms with van der Waals surface area (Å²) in [6.07, 6.45) is 2.11. The topological polar surface area (TPSA) is 101 Å². The van der Waals surface area contributed by atoms with Crippen LogP contribution in [0, 0.1) is 5.41 Å². The molecule has 1 aromatic heterocycles. The molecule has 98 valence electrons. The molecule has 1 heterocycles. The standard InChI is InChI=1S/C10H20N4O2S/c1-10(2,3)4-5-17(15,16)14-9-8(6-11)7-12-13-9/h7H,4-6,11H2,1-3H3,(H2,12,13,14). The molecule has 0 unspecified atom stereocenters. The molecule has 0 saturated carbocycles. The number of anilines is 1. The van der Waals surface area contributed by atoms with Gasteiger partial charge in [-0.1, -0.05) is 20.8 Å². The molecule has 0 bridgehead atoms. The second kappa shape index (κ2) is 5.05. The second-order valence-electron chi connectivity index (χ2n) is 5.21. The van der Waals surface area contributed by atoms with Crippen molar-refractivity contribution >= 4 is 15.8 Å². The highest BCUT2D eigenvalue weighted by Crippen LogP contribution is 2.20. The zero-order valence-electron chi connectivity index (χ0n) is 10.4. The van der Waals surface area contributed by atoms with E-state index in [2.05, 4.69) is 14.9 Å². The van der Waals surface area contributed by atoms with Crippen molar-refractivity contribution in [2.75, 3.05) is 10.5 Å². The summed E-state index contributed by atoms with van der Waals surface area (Å²) in [4.78, 5) is 0. The fraction of sp³-hybridized carbons (Fsp3) is 0.700. The molecule has 0 amide bonds. The van der Waals surface area contributed by atoms with Gasteiger partial charge in [0.25, 0.3) is 0 Å². The summed E-state index contributed by atoms with van der Waals surface area (Å²) < 4.78 is 26.1. The normalized spacial score (nSPS) is 12.7. The summed E-state index contributed by atoms with van der Waals surface area (Å²) in [5.41, 5.74) is 6.10. The van der Waals surface area contributed by atoms with E-state index in [0.29, 0.717) is 17.8 Å². The molecule has 0 aliphatic carbocycles. The Hall–Kier alpha value is -1.08. The van der Waals surface area contributed by atoms with E-state index in [-0.39, 0.29) is 17.7 Å². The molecule has 17 heavy (non-hydrogen) atoms. The van der Waals surface area contributed by atoms with Crippen LogP contribution < -0.4 is 10.5 Å². The van der Waals surface area contributed by atoms with Crippen molar-refractivity contribution in [2.24, 2.45) is 11.1 Å². The van der Waals surface area contributed by atoms with Crippen molar-refractivity contribution in [2.45, 2.75) is 33.7 Å². The van der Waals surface area contributed by atoms with E-state index < -0.39 is 10.0 Å². The summed E-state index contributed by atoms with van der Waals surface area (Å²) in [5.74, 6) is 0.445. The minimum Gasteiger partial charge on any atom is -0.326 e. The van der Waals surface area contributed by atoms with Crippen LogP contribution in [0.15, 0.2) is 6.20 Å². The van der Waals surface area contributed by atoms with Gasteiger partial charge in [-0.05, 0) is 11.8 Å². The first-order valence-corrected chi connectivity index (χ1v) is 7.11. The Balaban J connectivity index is 2.67. The molecular weight excluding hydrogens is 240 g/mol. The lowest BCUT2D eigenvalue weighted by Gasteiger charge is -2.18. The van der Waals surface area contributed by atoms with Crippen molar-refractivity contribution < 1.29 is 8.42 Å². The summed E-state index contributed by atoms with van der Waals surface area (Å²) in [7, 11) is -3.35. The van der Waals surface area contributed by atoms with Crippen LogP contribution in [-0.2, 0) is 16.6 Å². The summed E-state index contributed by atoms with van der Waals surface area (Å²) in [5, 5.41) is 6.34. The van der Waals surface area contributed by atoms with Crippen molar-refractivity contribution in [3.8, 4) is 0 Å². The van der Waals surface area contributed by atoms with Gasteiger partial charge in [-0.2, -0.15) is 5.10 Å². The lowest BCUT2D eigenvalue weighted by Crippen LogP contribution is -2.21. The lowest BCUT2D eigenvalue weighted by molar-refractivity contribution is 0.397. The van der Waals surface area contributed by atoms with Crippen LogP contribution in [0.1, 0.15) is 32.8 Å². The van der Waals surface area contributed by atoms with Gasteiger partial charge >= 0.3 is 0 Å². The fourth-order valence-corrected chi connectivity index (χ4v) is 2.67. The number of H-pyrrole nitrogens is 1. The number of hydrogen-bond acceptors (Lipinski definition) is 4. The smallest absolute Gasteiger partial charge is 0.233 e. The predicted molar refractivity (Wildman–Crippen MR) is 68.0 cm³/mol. The summed E-state index contributed by atoms with van der Waals surface area (Å²) in [6, 6.07) is 0. The van der Waals surface area contributed by atoms with Crippen molar-refractivity contribution in [3.63, 3.8) is 0 Å². The fourth-order valence-electron chi connectivity index (χ4n) is 1.20. The molecule has 7 heteroatoms. The molecule has 6 nitrogen and oxygen atoms in total. The van der Waals surface area contributed by atoms with E-state index in [0.717, 1.165) is 0 Å². The highest BCUT2D eigenvalue weighted by molar-refractivity contribution is 7.92. The van der Waals surface area contributed by atoms with E-state index in [1.54, 1.807) is 0 Å². The number of aromatic nitrogens is 2. The number of rotatable bonds is 5. The number of nitrogens with zero attached hydrogens (tertiary/aromatic N) is 1. The number of nitrogens with one attached hydrogen (secondary N) is 2. The third-order valence-corrected chi connectivity index (χ3v) is 3.57. The van der Waals surface area contributed by atoms with E-state index in [1.165, 1.54) is 6.20 Å². The Morgan fingerprint density at radius 2 is 2.12 bits per heavy atom. The number of sulfonamides is 1. The van der Waals surface area contributed by atoms with Gasteiger partial charge < -0.3 is 5.73 Å². The van der Waals surface area contributed by atoms with Gasteiger partial charge in [0.2, 0.25) is 10.0 Å². The van der Waals surface area contributed by atoms with Gasteiger partial charge in [0.05, 0.1) is 11.9 Å². The van der Waals surface area contributed by atoms with E-state index >= 15 is 0 Å². The lowest BCUT2D eigenvalue weighted by atomic mass is 9.94. The molecule has 0 atom stereocenters. The molecule has 0 saturated heterocycles. The van der Waals surface area contributed by atoms with Gasteiger partial charge in [0.15, 0.2) is 0 Å². The van der Waals surface area contributed by atoms with Gasteiger partial charge in [-0.15, -0.1) is 0 Å². The Kier molecular flexibility index (Phi) is 4.16. The van der Waals surface area contributed by atoms with Crippen LogP contribution in [0.4, 0.5) is 5.82 Å². The average molecular weight is 260 g/mol. The number of hydrogen-bond donors (Lipinski definition) is 3. The highest BCUT2D eigenvalue weighted by Gasteiger charge is 2.18. The molecule has 0 aliphatic rings. The second-order valence-corrected chi connectivity index (χ2v) is 7.05. The van der Waals surface area contributed by atoms with Crippen molar-refractivity contribution in [3.05, 3.63) is 11.8 Å². The third-order valence-electron chi connectivity index (χ3n) is 2.32. The first-order chi connectivity index (χ1) is 7.73. The highest BCUT2D eigenvalue weighted by atomic mass is 32.2. The average Bonchev–Trinajstić information content (AvgIpc) is 2.61. The van der Waals surface area contributed by atoms with Crippen LogP contribution in [0.2, 0.25) is 0 Å². The Morgan fingerprint density at radius 1 is 1.47 bits per heavy atom. The zero-order chi connectivity index (χ0) is 13.1. The monoisotopic (exact) mass is 260 g/mol. The number of aromatic amines is 1.